The summed E-state index contributed by atoms with van der Waals surface area (Å²) in [6.07, 6.45) is 1.05. The van der Waals surface area contributed by atoms with Gasteiger partial charge in [-0.2, -0.15) is 11.8 Å². The van der Waals surface area contributed by atoms with Crippen molar-refractivity contribution >= 4 is 64.1 Å². The molecule has 1 amide bonds. The van der Waals surface area contributed by atoms with Gasteiger partial charge in [-0.15, -0.1) is 0 Å². The fourth-order valence-electron chi connectivity index (χ4n) is 2.15. The zero-order chi connectivity index (χ0) is 18.2. The minimum Gasteiger partial charge on any atom is -0.355 e. The van der Waals surface area contributed by atoms with Crippen molar-refractivity contribution in [3.8, 4) is 0 Å². The van der Waals surface area contributed by atoms with Crippen molar-refractivity contribution in [2.75, 3.05) is 12.3 Å². The van der Waals surface area contributed by atoms with Crippen LogP contribution < -0.4 is 5.32 Å². The number of aryl methyl sites for hydroxylation is 1. The molecule has 0 aliphatic rings. The number of hydrogen-bond acceptors (Lipinski definition) is 2. The molecular formula is C18H17Cl4NOS. The molecular weight excluding hydrogens is 420 g/mol. The summed E-state index contributed by atoms with van der Waals surface area (Å²) < 4.78 is 0. The molecule has 0 aliphatic carbocycles. The predicted octanol–water partition coefficient (Wildman–Crippen LogP) is 6.28. The van der Waals surface area contributed by atoms with E-state index in [2.05, 4.69) is 5.32 Å². The lowest BCUT2D eigenvalue weighted by molar-refractivity contribution is -0.120. The summed E-state index contributed by atoms with van der Waals surface area (Å²) in [7, 11) is 0. The predicted molar refractivity (Wildman–Crippen MR) is 110 cm³/mol. The number of thioether (sulfide) groups is 1. The highest BCUT2D eigenvalue weighted by molar-refractivity contribution is 7.98. The molecule has 0 saturated carbocycles. The first-order valence-electron chi connectivity index (χ1n) is 7.68. The van der Waals surface area contributed by atoms with Crippen LogP contribution in [0.5, 0.6) is 0 Å². The van der Waals surface area contributed by atoms with Crippen molar-refractivity contribution in [3.63, 3.8) is 0 Å². The molecule has 2 aromatic carbocycles. The maximum Gasteiger partial charge on any atom is 0.220 e. The van der Waals surface area contributed by atoms with Gasteiger partial charge < -0.3 is 5.32 Å². The summed E-state index contributed by atoms with van der Waals surface area (Å²) in [5.41, 5.74) is 1.93. The van der Waals surface area contributed by atoms with Gasteiger partial charge in [-0.05, 0) is 41.8 Å². The number of hydrogen-bond donors (Lipinski definition) is 1. The number of nitrogens with one attached hydrogen (secondary N) is 1. The third-order valence-corrected chi connectivity index (χ3v) is 5.93. The molecule has 0 saturated heterocycles. The molecule has 7 heteroatoms. The Morgan fingerprint density at radius 2 is 1.68 bits per heavy atom. The summed E-state index contributed by atoms with van der Waals surface area (Å²) in [5, 5.41) is 5.28. The van der Waals surface area contributed by atoms with E-state index in [0.29, 0.717) is 39.5 Å². The second-order valence-electron chi connectivity index (χ2n) is 5.35. The molecule has 25 heavy (non-hydrogen) atoms. The highest BCUT2D eigenvalue weighted by Gasteiger charge is 2.06. The van der Waals surface area contributed by atoms with Crippen LogP contribution in [0.15, 0.2) is 36.4 Å². The summed E-state index contributed by atoms with van der Waals surface area (Å²) in [6, 6.07) is 10.9. The Balaban J connectivity index is 1.64. The Bertz CT molecular complexity index is 719. The molecule has 134 valence electrons. The zero-order valence-electron chi connectivity index (χ0n) is 13.3. The van der Waals surface area contributed by atoms with E-state index in [1.807, 2.05) is 24.3 Å². The molecule has 2 nitrogen and oxygen atoms in total. The molecule has 0 radical (unpaired) electrons. The van der Waals surface area contributed by atoms with Gasteiger partial charge in [0.25, 0.3) is 0 Å². The number of halogens is 4. The lowest BCUT2D eigenvalue weighted by atomic mass is 10.1. The second kappa shape index (κ2) is 10.5. The molecule has 0 aromatic heterocycles. The smallest absolute Gasteiger partial charge is 0.220 e. The summed E-state index contributed by atoms with van der Waals surface area (Å²) >= 11 is 25.8. The van der Waals surface area contributed by atoms with Gasteiger partial charge in [0, 0.05) is 34.5 Å². The van der Waals surface area contributed by atoms with Crippen LogP contribution in [-0.4, -0.2) is 18.2 Å². The van der Waals surface area contributed by atoms with Crippen LogP contribution in [0.4, 0.5) is 0 Å². The van der Waals surface area contributed by atoms with E-state index in [4.69, 9.17) is 46.4 Å². The van der Waals surface area contributed by atoms with Crippen molar-refractivity contribution in [2.45, 2.75) is 18.6 Å². The van der Waals surface area contributed by atoms with E-state index in [0.717, 1.165) is 22.6 Å². The van der Waals surface area contributed by atoms with Gasteiger partial charge in [0.1, 0.15) is 0 Å². The Hall–Kier alpha value is -0.580. The lowest BCUT2D eigenvalue weighted by Gasteiger charge is -2.08. The van der Waals surface area contributed by atoms with Crippen molar-refractivity contribution in [1.82, 2.24) is 5.32 Å². The molecule has 0 unspecified atom stereocenters. The Morgan fingerprint density at radius 1 is 0.960 bits per heavy atom. The van der Waals surface area contributed by atoms with Crippen LogP contribution in [-0.2, 0) is 17.0 Å². The van der Waals surface area contributed by atoms with Crippen molar-refractivity contribution < 1.29 is 4.79 Å². The fraction of sp³-hybridized carbons (Fsp3) is 0.278. The highest BCUT2D eigenvalue weighted by Crippen LogP contribution is 2.28. The molecule has 0 bridgehead atoms. The number of amides is 1. The third kappa shape index (κ3) is 6.92. The standard InChI is InChI=1S/C18H17Cl4NOS/c19-14-2-1-3-15(20)13(14)11-25-9-8-23-18(24)7-5-12-4-6-16(21)17(22)10-12/h1-4,6,10H,5,7-9,11H2,(H,23,24). The molecule has 0 heterocycles. The van der Waals surface area contributed by atoms with Crippen molar-refractivity contribution in [1.29, 1.82) is 0 Å². The monoisotopic (exact) mass is 435 g/mol. The van der Waals surface area contributed by atoms with E-state index in [-0.39, 0.29) is 5.91 Å². The van der Waals surface area contributed by atoms with E-state index < -0.39 is 0 Å². The van der Waals surface area contributed by atoms with Crippen LogP contribution in [0.2, 0.25) is 20.1 Å². The first kappa shape index (κ1) is 20.7. The Kier molecular flexibility index (Phi) is 8.74. The molecule has 1 N–H and O–H groups in total. The minimum atomic E-state index is 0.0162. The van der Waals surface area contributed by atoms with E-state index in [1.165, 1.54) is 0 Å². The van der Waals surface area contributed by atoms with Gasteiger partial charge >= 0.3 is 0 Å². The SMILES string of the molecule is O=C(CCc1ccc(Cl)c(Cl)c1)NCCSCc1c(Cl)cccc1Cl. The maximum absolute atomic E-state index is 11.9. The number of benzene rings is 2. The summed E-state index contributed by atoms with van der Waals surface area (Å²) in [4.78, 5) is 11.9. The second-order valence-corrected chi connectivity index (χ2v) is 8.09. The first-order valence-corrected chi connectivity index (χ1v) is 10.4. The van der Waals surface area contributed by atoms with Crippen LogP contribution in [0, 0.1) is 0 Å². The van der Waals surface area contributed by atoms with Gasteiger partial charge in [0.05, 0.1) is 10.0 Å². The average Bonchev–Trinajstić information content (AvgIpc) is 2.58. The van der Waals surface area contributed by atoms with Gasteiger partial charge in [-0.1, -0.05) is 58.5 Å². The number of carbonyl (C=O) groups excluding carboxylic acids is 1. The summed E-state index contributed by atoms with van der Waals surface area (Å²) in [6.45, 7) is 0.604. The molecule has 0 aliphatic heterocycles. The van der Waals surface area contributed by atoms with Gasteiger partial charge in [0.2, 0.25) is 5.91 Å². The number of carbonyl (C=O) groups is 1. The van der Waals surface area contributed by atoms with Crippen molar-refractivity contribution in [3.05, 3.63) is 67.6 Å². The van der Waals surface area contributed by atoms with Gasteiger partial charge in [-0.25, -0.2) is 0 Å². The molecule has 2 rings (SSSR count). The van der Waals surface area contributed by atoms with Gasteiger partial charge in [-0.3, -0.25) is 4.79 Å². The topological polar surface area (TPSA) is 29.1 Å². The maximum atomic E-state index is 11.9. The minimum absolute atomic E-state index is 0.0162. The Labute approximate surface area is 172 Å². The fourth-order valence-corrected chi connectivity index (χ4v) is 4.06. The largest absolute Gasteiger partial charge is 0.355 e. The number of rotatable bonds is 8. The van der Waals surface area contributed by atoms with Crippen LogP contribution >= 0.6 is 58.2 Å². The summed E-state index contributed by atoms with van der Waals surface area (Å²) in [5.74, 6) is 1.53. The highest BCUT2D eigenvalue weighted by atomic mass is 35.5. The van der Waals surface area contributed by atoms with E-state index >= 15 is 0 Å². The van der Waals surface area contributed by atoms with Crippen molar-refractivity contribution in [2.24, 2.45) is 0 Å². The first-order chi connectivity index (χ1) is 12.0. The van der Waals surface area contributed by atoms with Crippen LogP contribution in [0.1, 0.15) is 17.5 Å². The Morgan fingerprint density at radius 3 is 2.36 bits per heavy atom. The zero-order valence-corrected chi connectivity index (χ0v) is 17.2. The van der Waals surface area contributed by atoms with E-state index in [1.54, 1.807) is 23.9 Å². The van der Waals surface area contributed by atoms with Crippen LogP contribution in [0.25, 0.3) is 0 Å². The normalized spacial score (nSPS) is 10.7. The third-order valence-electron chi connectivity index (χ3n) is 3.50. The average molecular weight is 437 g/mol. The van der Waals surface area contributed by atoms with Gasteiger partial charge in [0.15, 0.2) is 0 Å². The quantitative estimate of drug-likeness (QED) is 0.493. The van der Waals surface area contributed by atoms with Crippen LogP contribution in [0.3, 0.4) is 0 Å². The lowest BCUT2D eigenvalue weighted by Crippen LogP contribution is -2.25. The molecule has 2 aromatic rings. The molecule has 0 spiro atoms. The molecule has 0 fully saturated rings. The van der Waals surface area contributed by atoms with E-state index in [9.17, 15) is 4.79 Å². The molecule has 0 atom stereocenters.